The first kappa shape index (κ1) is 22.9. The van der Waals surface area contributed by atoms with Gasteiger partial charge in [0.2, 0.25) is 5.91 Å². The highest BCUT2D eigenvalue weighted by Crippen LogP contribution is 2.20. The number of hydrogen-bond acceptors (Lipinski definition) is 3. The van der Waals surface area contributed by atoms with Gasteiger partial charge in [0.15, 0.2) is 5.96 Å². The lowest BCUT2D eigenvalue weighted by molar-refractivity contribution is -0.116. The Morgan fingerprint density at radius 1 is 1.19 bits per heavy atom. The Bertz CT molecular complexity index is 763. The van der Waals surface area contributed by atoms with Crippen molar-refractivity contribution in [3.05, 3.63) is 50.1 Å². The highest BCUT2D eigenvalue weighted by molar-refractivity contribution is 14.0. The Kier molecular flexibility index (Phi) is 10.2. The average Bonchev–Trinajstić information content (AvgIpc) is 2.98. The number of thiophene rings is 1. The van der Waals surface area contributed by atoms with E-state index in [1.54, 1.807) is 18.4 Å². The summed E-state index contributed by atoms with van der Waals surface area (Å²) in [4.78, 5) is 17.6. The average molecular weight is 551 g/mol. The van der Waals surface area contributed by atoms with Crippen molar-refractivity contribution in [2.75, 3.05) is 18.9 Å². The van der Waals surface area contributed by atoms with Gasteiger partial charge in [0.1, 0.15) is 0 Å². The number of carbonyl (C=O) groups excluding carboxylic acids is 1. The molecule has 5 nitrogen and oxygen atoms in total. The van der Waals surface area contributed by atoms with Crippen LogP contribution in [0.25, 0.3) is 0 Å². The monoisotopic (exact) mass is 550 g/mol. The summed E-state index contributed by atoms with van der Waals surface area (Å²) < 4.78 is 1.00. The zero-order valence-electron chi connectivity index (χ0n) is 15.1. The number of nitrogens with zero attached hydrogens (tertiary/aromatic N) is 1. The fourth-order valence-corrected chi connectivity index (χ4v) is 3.57. The second kappa shape index (κ2) is 11.6. The lowest BCUT2D eigenvalue weighted by atomic mass is 10.2. The minimum absolute atomic E-state index is 0. The van der Waals surface area contributed by atoms with Crippen LogP contribution >= 0.6 is 51.2 Å². The molecule has 1 amide bonds. The molecule has 1 aromatic carbocycles. The van der Waals surface area contributed by atoms with Gasteiger partial charge in [0.05, 0.1) is 6.54 Å². The molecule has 2 aromatic rings. The molecule has 0 saturated carbocycles. The second-order valence-electron chi connectivity index (χ2n) is 5.64. The van der Waals surface area contributed by atoms with Crippen LogP contribution in [0.15, 0.2) is 39.1 Å². The molecule has 8 heteroatoms. The van der Waals surface area contributed by atoms with Gasteiger partial charge < -0.3 is 16.0 Å². The summed E-state index contributed by atoms with van der Waals surface area (Å²) in [6, 6.07) is 7.90. The van der Waals surface area contributed by atoms with E-state index >= 15 is 0 Å². The third-order valence-corrected chi connectivity index (χ3v) is 5.23. The van der Waals surface area contributed by atoms with E-state index in [-0.39, 0.29) is 29.9 Å². The van der Waals surface area contributed by atoms with Crippen molar-refractivity contribution in [3.63, 3.8) is 0 Å². The molecule has 3 N–H and O–H groups in total. The van der Waals surface area contributed by atoms with E-state index in [4.69, 9.17) is 0 Å². The molecule has 1 aromatic heterocycles. The van der Waals surface area contributed by atoms with Crippen LogP contribution < -0.4 is 16.0 Å². The van der Waals surface area contributed by atoms with Crippen LogP contribution in [0.4, 0.5) is 5.69 Å². The zero-order valence-corrected chi connectivity index (χ0v) is 19.8. The Labute approximate surface area is 184 Å². The highest BCUT2D eigenvalue weighted by atomic mass is 127. The topological polar surface area (TPSA) is 65.5 Å². The molecule has 0 aliphatic rings. The van der Waals surface area contributed by atoms with Gasteiger partial charge in [-0.25, -0.2) is 0 Å². The molecule has 0 aliphatic heterocycles. The molecule has 26 heavy (non-hydrogen) atoms. The Hall–Kier alpha value is -1.13. The molecule has 0 spiro atoms. The van der Waals surface area contributed by atoms with Crippen LogP contribution in [0.1, 0.15) is 22.4 Å². The summed E-state index contributed by atoms with van der Waals surface area (Å²) in [5, 5.41) is 11.4. The number of halogens is 2. The van der Waals surface area contributed by atoms with Crippen molar-refractivity contribution < 1.29 is 4.79 Å². The summed E-state index contributed by atoms with van der Waals surface area (Å²) in [6.45, 7) is 5.31. The van der Waals surface area contributed by atoms with E-state index < -0.39 is 0 Å². The molecular weight excluding hydrogens is 527 g/mol. The van der Waals surface area contributed by atoms with Gasteiger partial charge in [-0.05, 0) is 54.6 Å². The molecule has 0 radical (unpaired) electrons. The molecule has 0 bridgehead atoms. The number of aliphatic imine (C=N–C) groups is 1. The number of anilines is 1. The third-order valence-electron chi connectivity index (χ3n) is 3.72. The zero-order chi connectivity index (χ0) is 18.2. The van der Waals surface area contributed by atoms with Crippen molar-refractivity contribution in [2.45, 2.75) is 26.8 Å². The number of benzene rings is 1. The molecule has 2 rings (SSSR count). The Morgan fingerprint density at radius 3 is 2.58 bits per heavy atom. The summed E-state index contributed by atoms with van der Waals surface area (Å²) in [7, 11) is 1.72. The molecule has 1 heterocycles. The van der Waals surface area contributed by atoms with Gasteiger partial charge in [-0.3, -0.25) is 9.79 Å². The predicted octanol–water partition coefficient (Wildman–Crippen LogP) is 4.44. The minimum Gasteiger partial charge on any atom is -0.356 e. The number of aryl methyl sites for hydroxylation is 2. The number of guanidine groups is 1. The maximum Gasteiger partial charge on any atom is 0.226 e. The van der Waals surface area contributed by atoms with Crippen LogP contribution in [0.2, 0.25) is 0 Å². The summed E-state index contributed by atoms with van der Waals surface area (Å²) in [5.74, 6) is 0.669. The van der Waals surface area contributed by atoms with Crippen LogP contribution in [-0.4, -0.2) is 25.5 Å². The van der Waals surface area contributed by atoms with Crippen LogP contribution in [0, 0.1) is 13.8 Å². The van der Waals surface area contributed by atoms with Gasteiger partial charge in [0.25, 0.3) is 0 Å². The van der Waals surface area contributed by atoms with E-state index in [0.717, 1.165) is 22.3 Å². The summed E-state index contributed by atoms with van der Waals surface area (Å²) >= 11 is 5.14. The molecular formula is C18H24BrIN4OS. The maximum absolute atomic E-state index is 12.1. The predicted molar refractivity (Wildman–Crippen MR) is 125 cm³/mol. The molecule has 142 valence electrons. The first-order valence-corrected chi connectivity index (χ1v) is 9.70. The highest BCUT2D eigenvalue weighted by Gasteiger charge is 2.06. The van der Waals surface area contributed by atoms with Gasteiger partial charge in [-0.2, -0.15) is 0 Å². The first-order valence-electron chi connectivity index (χ1n) is 8.03. The first-order chi connectivity index (χ1) is 12.0. The molecule has 0 unspecified atom stereocenters. The van der Waals surface area contributed by atoms with Gasteiger partial charge in [-0.1, -0.05) is 15.9 Å². The maximum atomic E-state index is 12.1. The van der Waals surface area contributed by atoms with Gasteiger partial charge in [0, 0.05) is 35.1 Å². The number of hydrogen-bond donors (Lipinski definition) is 3. The fraction of sp³-hybridized carbons (Fsp3) is 0.333. The molecule has 0 fully saturated rings. The van der Waals surface area contributed by atoms with Gasteiger partial charge in [-0.15, -0.1) is 35.3 Å². The van der Waals surface area contributed by atoms with Crippen molar-refractivity contribution >= 4 is 68.8 Å². The quantitative estimate of drug-likeness (QED) is 0.283. The number of rotatable bonds is 6. The second-order valence-corrected chi connectivity index (χ2v) is 7.55. The summed E-state index contributed by atoms with van der Waals surface area (Å²) in [5.41, 5.74) is 3.14. The standard InChI is InChI=1S/C18H23BrN4OS.HI/c1-12-7-9-25-16(12)11-22-18(20-3)21-8-6-17(24)23-15-5-4-14(19)10-13(15)2;/h4-5,7,9-10H,6,8,11H2,1-3H3,(H,23,24)(H2,20,21,22);1H. The van der Waals surface area contributed by atoms with Crippen LogP contribution in [0.5, 0.6) is 0 Å². The molecule has 0 saturated heterocycles. The van der Waals surface area contributed by atoms with E-state index in [1.807, 2.05) is 25.1 Å². The summed E-state index contributed by atoms with van der Waals surface area (Å²) in [6.07, 6.45) is 0.369. The molecule has 0 aliphatic carbocycles. The largest absolute Gasteiger partial charge is 0.356 e. The number of amides is 1. The lowest BCUT2D eigenvalue weighted by Gasteiger charge is -2.12. The van der Waals surface area contributed by atoms with E-state index in [2.05, 4.69) is 55.2 Å². The van der Waals surface area contributed by atoms with Crippen LogP contribution in [0.3, 0.4) is 0 Å². The lowest BCUT2D eigenvalue weighted by Crippen LogP contribution is -2.38. The van der Waals surface area contributed by atoms with Crippen molar-refractivity contribution in [1.29, 1.82) is 0 Å². The van der Waals surface area contributed by atoms with Crippen LogP contribution in [-0.2, 0) is 11.3 Å². The minimum atomic E-state index is -0.0255. The normalized spacial score (nSPS) is 10.8. The van der Waals surface area contributed by atoms with E-state index in [0.29, 0.717) is 18.9 Å². The smallest absolute Gasteiger partial charge is 0.226 e. The Morgan fingerprint density at radius 2 is 1.96 bits per heavy atom. The van der Waals surface area contributed by atoms with E-state index in [1.165, 1.54) is 10.4 Å². The van der Waals surface area contributed by atoms with Crippen molar-refractivity contribution in [2.24, 2.45) is 4.99 Å². The molecule has 0 atom stereocenters. The Balaban J connectivity index is 0.00000338. The number of nitrogens with one attached hydrogen (secondary N) is 3. The van der Waals surface area contributed by atoms with E-state index in [9.17, 15) is 4.79 Å². The number of carbonyl (C=O) groups is 1. The SMILES string of the molecule is CN=C(NCCC(=O)Nc1ccc(Br)cc1C)NCc1sccc1C.I. The van der Waals surface area contributed by atoms with Crippen molar-refractivity contribution in [1.82, 2.24) is 10.6 Å². The van der Waals surface area contributed by atoms with Crippen molar-refractivity contribution in [3.8, 4) is 0 Å². The van der Waals surface area contributed by atoms with Gasteiger partial charge >= 0.3 is 0 Å². The third kappa shape index (κ3) is 7.24. The fourth-order valence-electron chi connectivity index (χ4n) is 2.24.